The number of hydrogen-bond acceptors (Lipinski definition) is 4. The highest BCUT2D eigenvalue weighted by Crippen LogP contribution is 2.36. The number of benzene rings is 2. The summed E-state index contributed by atoms with van der Waals surface area (Å²) in [4.78, 5) is 15.0. The van der Waals surface area contributed by atoms with Crippen molar-refractivity contribution < 1.29 is 19.4 Å². The first-order valence-electron chi connectivity index (χ1n) is 6.93. The number of aliphatic imine (C=N–C) groups is 1. The molecule has 1 N–H and O–H groups in total. The molecule has 2 rings (SSSR count). The summed E-state index contributed by atoms with van der Waals surface area (Å²) in [6, 6.07) is 9.02. The highest BCUT2D eigenvalue weighted by Gasteiger charge is 2.12. The summed E-state index contributed by atoms with van der Waals surface area (Å²) in [7, 11) is 1.48. The van der Waals surface area contributed by atoms with Crippen LogP contribution in [0.3, 0.4) is 0 Å². The van der Waals surface area contributed by atoms with Gasteiger partial charge in [0.05, 0.1) is 17.3 Å². The zero-order valence-electron chi connectivity index (χ0n) is 13.0. The molecule has 2 aromatic carbocycles. The van der Waals surface area contributed by atoms with E-state index < -0.39 is 12.6 Å². The van der Waals surface area contributed by atoms with Gasteiger partial charge in [-0.2, -0.15) is 0 Å². The van der Waals surface area contributed by atoms with Crippen LogP contribution in [0.15, 0.2) is 39.8 Å². The Morgan fingerprint density at radius 2 is 2.12 bits per heavy atom. The molecule has 0 atom stereocenters. The first-order chi connectivity index (χ1) is 11.4. The summed E-state index contributed by atoms with van der Waals surface area (Å²) in [5, 5.41) is 9.38. The van der Waals surface area contributed by atoms with Gasteiger partial charge >= 0.3 is 5.97 Å². The zero-order chi connectivity index (χ0) is 17.7. The molecule has 5 nitrogen and oxygen atoms in total. The van der Waals surface area contributed by atoms with E-state index >= 15 is 0 Å². The number of aliphatic carboxylic acids is 1. The minimum absolute atomic E-state index is 0.329. The number of methoxy groups -OCH3 is 1. The summed E-state index contributed by atoms with van der Waals surface area (Å²) in [6.07, 6.45) is 1.66. The van der Waals surface area contributed by atoms with Gasteiger partial charge in [-0.05, 0) is 58.2 Å². The topological polar surface area (TPSA) is 68.1 Å². The zero-order valence-corrected chi connectivity index (χ0v) is 15.4. The van der Waals surface area contributed by atoms with Gasteiger partial charge in [-0.1, -0.05) is 17.7 Å². The molecule has 0 saturated heterocycles. The van der Waals surface area contributed by atoms with E-state index in [0.29, 0.717) is 21.0 Å². The number of ether oxygens (including phenoxy) is 2. The minimum Gasteiger partial charge on any atom is -0.493 e. The number of nitrogens with zero attached hydrogens (tertiary/aromatic N) is 1. The summed E-state index contributed by atoms with van der Waals surface area (Å²) in [5.41, 5.74) is 2.48. The van der Waals surface area contributed by atoms with Crippen LogP contribution in [0.25, 0.3) is 0 Å². The van der Waals surface area contributed by atoms with Crippen molar-refractivity contribution in [2.45, 2.75) is 6.92 Å². The van der Waals surface area contributed by atoms with E-state index in [2.05, 4.69) is 20.9 Å². The van der Waals surface area contributed by atoms with Crippen molar-refractivity contribution in [2.24, 2.45) is 4.99 Å². The summed E-state index contributed by atoms with van der Waals surface area (Å²) in [6.45, 7) is 1.47. The van der Waals surface area contributed by atoms with Crippen molar-refractivity contribution in [3.05, 3.63) is 51.0 Å². The van der Waals surface area contributed by atoms with E-state index in [-0.39, 0.29) is 0 Å². The summed E-state index contributed by atoms with van der Waals surface area (Å²) in [5.74, 6) is -0.324. The van der Waals surface area contributed by atoms with Gasteiger partial charge in [0.2, 0.25) is 0 Å². The fraction of sp³-hybridized carbons (Fsp3) is 0.176. The van der Waals surface area contributed by atoms with Gasteiger partial charge in [-0.25, -0.2) is 4.79 Å². The Hall–Kier alpha value is -2.05. The average Bonchev–Trinajstić information content (AvgIpc) is 2.54. The molecule has 0 aromatic heterocycles. The number of halogens is 2. The van der Waals surface area contributed by atoms with Crippen molar-refractivity contribution in [3.63, 3.8) is 0 Å². The second-order valence-electron chi connectivity index (χ2n) is 4.91. The predicted octanol–water partition coefficient (Wildman–Crippen LogP) is 4.63. The second-order valence-corrected chi connectivity index (χ2v) is 6.17. The standard InChI is InChI=1S/C17H15BrClNO4/c1-10-3-4-12(7-14(10)19)20-8-11-5-13(18)17(15(6-11)23-2)24-9-16(21)22/h3-8H,9H2,1-2H3,(H,21,22). The third-order valence-corrected chi connectivity index (χ3v) is 4.11. The number of carbonyl (C=O) groups is 1. The SMILES string of the molecule is COc1cc(C=Nc2ccc(C)c(Cl)c2)cc(Br)c1OCC(=O)O. The second kappa shape index (κ2) is 8.17. The molecule has 0 bridgehead atoms. The monoisotopic (exact) mass is 411 g/mol. The number of carboxylic acids is 1. The number of carboxylic acid groups (broad SMARTS) is 1. The van der Waals surface area contributed by atoms with Gasteiger partial charge in [-0.15, -0.1) is 0 Å². The predicted molar refractivity (Wildman–Crippen MR) is 97.3 cm³/mol. The maximum absolute atomic E-state index is 10.6. The van der Waals surface area contributed by atoms with Crippen LogP contribution in [-0.4, -0.2) is 31.0 Å². The lowest BCUT2D eigenvalue weighted by Gasteiger charge is -2.12. The Bertz CT molecular complexity index is 792. The van der Waals surface area contributed by atoms with Gasteiger partial charge in [0, 0.05) is 11.2 Å². The van der Waals surface area contributed by atoms with Crippen LogP contribution in [0, 0.1) is 6.92 Å². The Balaban J connectivity index is 2.27. The molecular weight excluding hydrogens is 398 g/mol. The molecule has 2 aromatic rings. The molecule has 0 aliphatic rings. The van der Waals surface area contributed by atoms with Crippen molar-refractivity contribution >= 4 is 45.4 Å². The molecule has 7 heteroatoms. The molecule has 0 heterocycles. The quantitative estimate of drug-likeness (QED) is 0.702. The minimum atomic E-state index is -1.06. The van der Waals surface area contributed by atoms with Gasteiger partial charge in [0.15, 0.2) is 18.1 Å². The van der Waals surface area contributed by atoms with Crippen LogP contribution in [0.2, 0.25) is 5.02 Å². The third-order valence-electron chi connectivity index (χ3n) is 3.11. The van der Waals surface area contributed by atoms with Gasteiger partial charge in [0.25, 0.3) is 0 Å². The molecule has 24 heavy (non-hydrogen) atoms. The van der Waals surface area contributed by atoms with E-state index in [1.807, 2.05) is 19.1 Å². The van der Waals surface area contributed by atoms with Gasteiger partial charge in [0.1, 0.15) is 0 Å². The first kappa shape index (κ1) is 18.3. The van der Waals surface area contributed by atoms with Crippen LogP contribution in [-0.2, 0) is 4.79 Å². The lowest BCUT2D eigenvalue weighted by atomic mass is 10.2. The van der Waals surface area contributed by atoms with Crippen LogP contribution >= 0.6 is 27.5 Å². The molecule has 0 saturated carbocycles. The van der Waals surface area contributed by atoms with Crippen LogP contribution in [0.4, 0.5) is 5.69 Å². The number of rotatable bonds is 6. The van der Waals surface area contributed by atoms with E-state index in [9.17, 15) is 4.79 Å². The van der Waals surface area contributed by atoms with Crippen molar-refractivity contribution in [2.75, 3.05) is 13.7 Å². The molecule has 0 unspecified atom stereocenters. The summed E-state index contributed by atoms with van der Waals surface area (Å²) >= 11 is 9.44. The Morgan fingerprint density at radius 1 is 1.38 bits per heavy atom. The third kappa shape index (κ3) is 4.72. The van der Waals surface area contributed by atoms with E-state index in [1.54, 1.807) is 24.4 Å². The Labute approximate surface area is 153 Å². The highest BCUT2D eigenvalue weighted by molar-refractivity contribution is 9.10. The lowest BCUT2D eigenvalue weighted by molar-refractivity contribution is -0.139. The first-order valence-corrected chi connectivity index (χ1v) is 8.10. The molecule has 0 aliphatic carbocycles. The fourth-order valence-electron chi connectivity index (χ4n) is 1.90. The molecule has 0 aliphatic heterocycles. The van der Waals surface area contributed by atoms with Crippen molar-refractivity contribution in [1.82, 2.24) is 0 Å². The Morgan fingerprint density at radius 3 is 2.75 bits per heavy atom. The van der Waals surface area contributed by atoms with Crippen LogP contribution in [0.1, 0.15) is 11.1 Å². The van der Waals surface area contributed by atoms with Crippen molar-refractivity contribution in [3.8, 4) is 11.5 Å². The van der Waals surface area contributed by atoms with Crippen molar-refractivity contribution in [1.29, 1.82) is 0 Å². The van der Waals surface area contributed by atoms with E-state index in [4.69, 9.17) is 26.2 Å². The Kier molecular flexibility index (Phi) is 6.23. The van der Waals surface area contributed by atoms with Gasteiger partial charge in [-0.3, -0.25) is 4.99 Å². The molecule has 0 spiro atoms. The van der Waals surface area contributed by atoms with E-state index in [0.717, 1.165) is 16.8 Å². The summed E-state index contributed by atoms with van der Waals surface area (Å²) < 4.78 is 11.1. The van der Waals surface area contributed by atoms with Gasteiger partial charge < -0.3 is 14.6 Å². The molecule has 0 fully saturated rings. The average molecular weight is 413 g/mol. The molecule has 126 valence electrons. The van der Waals surface area contributed by atoms with Crippen LogP contribution < -0.4 is 9.47 Å². The molecule has 0 amide bonds. The highest BCUT2D eigenvalue weighted by atomic mass is 79.9. The van der Waals surface area contributed by atoms with Crippen LogP contribution in [0.5, 0.6) is 11.5 Å². The lowest BCUT2D eigenvalue weighted by Crippen LogP contribution is -2.10. The molecular formula is C17H15BrClNO4. The molecule has 0 radical (unpaired) electrons. The normalized spacial score (nSPS) is 10.8. The number of hydrogen-bond donors (Lipinski definition) is 1. The fourth-order valence-corrected chi connectivity index (χ4v) is 2.65. The maximum Gasteiger partial charge on any atom is 0.341 e. The largest absolute Gasteiger partial charge is 0.493 e. The smallest absolute Gasteiger partial charge is 0.341 e. The van der Waals surface area contributed by atoms with E-state index in [1.165, 1.54) is 7.11 Å². The maximum atomic E-state index is 10.6. The number of aryl methyl sites for hydroxylation is 1.